The Labute approximate surface area is 120 Å². The van der Waals surface area contributed by atoms with Gasteiger partial charge in [-0.1, -0.05) is 18.2 Å². The van der Waals surface area contributed by atoms with Gasteiger partial charge in [0.15, 0.2) is 0 Å². The first kappa shape index (κ1) is 13.7. The highest BCUT2D eigenvalue weighted by Crippen LogP contribution is 2.24. The highest BCUT2D eigenvalue weighted by Gasteiger charge is 2.20. The summed E-state index contributed by atoms with van der Waals surface area (Å²) in [6, 6.07) is 10.4. The molecule has 0 radical (unpaired) electrons. The van der Waals surface area contributed by atoms with Gasteiger partial charge in [-0.25, -0.2) is 0 Å². The van der Waals surface area contributed by atoms with Gasteiger partial charge in [-0.05, 0) is 43.9 Å². The van der Waals surface area contributed by atoms with Crippen molar-refractivity contribution in [3.8, 4) is 0 Å². The number of fused-ring (bicyclic) bond motifs is 1. The van der Waals surface area contributed by atoms with Crippen molar-refractivity contribution in [2.45, 2.75) is 25.8 Å². The van der Waals surface area contributed by atoms with Gasteiger partial charge in [0, 0.05) is 25.6 Å². The molecule has 1 aliphatic heterocycles. The fraction of sp³-hybridized carbons (Fsp3) is 0.529. The lowest BCUT2D eigenvalue weighted by atomic mass is 9.95. The van der Waals surface area contributed by atoms with E-state index in [2.05, 4.69) is 23.1 Å². The molecule has 0 amide bonds. The predicted molar refractivity (Wildman–Crippen MR) is 80.7 cm³/mol. The Morgan fingerprint density at radius 2 is 2.25 bits per heavy atom. The van der Waals surface area contributed by atoms with Crippen molar-refractivity contribution >= 4 is 11.0 Å². The van der Waals surface area contributed by atoms with Gasteiger partial charge in [-0.3, -0.25) is 4.90 Å². The van der Waals surface area contributed by atoms with Crippen LogP contribution in [0.25, 0.3) is 11.0 Å². The largest absolute Gasteiger partial charge is 0.460 e. The van der Waals surface area contributed by atoms with Crippen molar-refractivity contribution < 1.29 is 9.15 Å². The van der Waals surface area contributed by atoms with E-state index in [9.17, 15) is 0 Å². The third kappa shape index (κ3) is 3.22. The molecule has 0 saturated carbocycles. The van der Waals surface area contributed by atoms with Crippen molar-refractivity contribution in [2.75, 3.05) is 26.8 Å². The van der Waals surface area contributed by atoms with E-state index in [1.807, 2.05) is 12.1 Å². The molecule has 1 aliphatic rings. The van der Waals surface area contributed by atoms with E-state index in [1.54, 1.807) is 7.11 Å². The molecule has 3 nitrogen and oxygen atoms in total. The maximum Gasteiger partial charge on any atom is 0.134 e. The zero-order valence-corrected chi connectivity index (χ0v) is 12.2. The van der Waals surface area contributed by atoms with Crippen LogP contribution in [0.3, 0.4) is 0 Å². The second kappa shape index (κ2) is 6.42. The molecule has 2 heterocycles. The SMILES string of the molecule is COCCC1CCCN(Cc2cc3ccccc3o2)C1. The number of rotatable bonds is 5. The van der Waals surface area contributed by atoms with Crippen LogP contribution in [0.4, 0.5) is 0 Å². The molecule has 2 aromatic rings. The van der Waals surface area contributed by atoms with E-state index in [-0.39, 0.29) is 0 Å². The first-order chi connectivity index (χ1) is 9.85. The molecular weight excluding hydrogens is 250 g/mol. The number of ether oxygens (including phenoxy) is 1. The van der Waals surface area contributed by atoms with E-state index in [4.69, 9.17) is 9.15 Å². The highest BCUT2D eigenvalue weighted by atomic mass is 16.5. The molecule has 0 aliphatic carbocycles. The molecule has 0 bridgehead atoms. The van der Waals surface area contributed by atoms with Crippen molar-refractivity contribution in [2.24, 2.45) is 5.92 Å². The lowest BCUT2D eigenvalue weighted by molar-refractivity contribution is 0.119. The van der Waals surface area contributed by atoms with Gasteiger partial charge in [0.25, 0.3) is 0 Å². The Balaban J connectivity index is 1.61. The van der Waals surface area contributed by atoms with Crippen LogP contribution < -0.4 is 0 Å². The Hall–Kier alpha value is -1.32. The number of hydrogen-bond acceptors (Lipinski definition) is 3. The van der Waals surface area contributed by atoms with Gasteiger partial charge in [-0.15, -0.1) is 0 Å². The van der Waals surface area contributed by atoms with Crippen molar-refractivity contribution in [1.29, 1.82) is 0 Å². The summed E-state index contributed by atoms with van der Waals surface area (Å²) in [5.41, 5.74) is 0.996. The van der Waals surface area contributed by atoms with Gasteiger partial charge >= 0.3 is 0 Å². The number of para-hydroxylation sites is 1. The third-order valence-corrected chi connectivity index (χ3v) is 4.19. The summed E-state index contributed by atoms with van der Waals surface area (Å²) >= 11 is 0. The summed E-state index contributed by atoms with van der Waals surface area (Å²) in [6.07, 6.45) is 3.79. The average Bonchev–Trinajstić information content (AvgIpc) is 2.87. The molecule has 3 rings (SSSR count). The maximum absolute atomic E-state index is 5.92. The summed E-state index contributed by atoms with van der Waals surface area (Å²) in [4.78, 5) is 2.52. The first-order valence-corrected chi connectivity index (χ1v) is 7.54. The number of benzene rings is 1. The molecule has 1 fully saturated rings. The lowest BCUT2D eigenvalue weighted by Crippen LogP contribution is -2.35. The Kier molecular flexibility index (Phi) is 4.38. The monoisotopic (exact) mass is 273 g/mol. The minimum atomic E-state index is 0.771. The maximum atomic E-state index is 5.92. The number of nitrogens with zero attached hydrogens (tertiary/aromatic N) is 1. The molecule has 3 heteroatoms. The molecule has 1 saturated heterocycles. The lowest BCUT2D eigenvalue weighted by Gasteiger charge is -2.32. The van der Waals surface area contributed by atoms with Crippen LogP contribution in [0.1, 0.15) is 25.0 Å². The number of hydrogen-bond donors (Lipinski definition) is 0. The molecule has 108 valence electrons. The first-order valence-electron chi connectivity index (χ1n) is 7.54. The van der Waals surface area contributed by atoms with E-state index in [0.717, 1.165) is 30.4 Å². The van der Waals surface area contributed by atoms with Crippen LogP contribution in [0.15, 0.2) is 34.7 Å². The highest BCUT2D eigenvalue weighted by molar-refractivity contribution is 5.77. The summed E-state index contributed by atoms with van der Waals surface area (Å²) in [5, 5.41) is 1.20. The molecule has 1 aromatic carbocycles. The summed E-state index contributed by atoms with van der Waals surface area (Å²) in [5.74, 6) is 1.85. The average molecular weight is 273 g/mol. The zero-order chi connectivity index (χ0) is 13.8. The standard InChI is InChI=1S/C17H23NO2/c1-19-10-8-14-5-4-9-18(12-14)13-16-11-15-6-2-3-7-17(15)20-16/h2-3,6-7,11,14H,4-5,8-10,12-13H2,1H3. The predicted octanol–water partition coefficient (Wildman–Crippen LogP) is 3.68. The summed E-state index contributed by atoms with van der Waals surface area (Å²) in [7, 11) is 1.79. The molecule has 1 atom stereocenters. The molecular formula is C17H23NO2. The minimum absolute atomic E-state index is 0.771. The van der Waals surface area contributed by atoms with Gasteiger partial charge in [0.1, 0.15) is 11.3 Å². The minimum Gasteiger partial charge on any atom is -0.460 e. The molecule has 0 N–H and O–H groups in total. The second-order valence-electron chi connectivity index (χ2n) is 5.78. The third-order valence-electron chi connectivity index (χ3n) is 4.19. The molecule has 1 unspecified atom stereocenters. The molecule has 0 spiro atoms. The van der Waals surface area contributed by atoms with Gasteiger partial charge in [-0.2, -0.15) is 0 Å². The fourth-order valence-corrected chi connectivity index (χ4v) is 3.15. The van der Waals surface area contributed by atoms with Crippen LogP contribution in [0.5, 0.6) is 0 Å². The van der Waals surface area contributed by atoms with Gasteiger partial charge in [0.05, 0.1) is 6.54 Å². The van der Waals surface area contributed by atoms with Crippen molar-refractivity contribution in [3.63, 3.8) is 0 Å². The van der Waals surface area contributed by atoms with Crippen molar-refractivity contribution in [1.82, 2.24) is 4.90 Å². The Morgan fingerprint density at radius 1 is 1.35 bits per heavy atom. The number of methoxy groups -OCH3 is 1. The molecule has 1 aromatic heterocycles. The number of piperidine rings is 1. The van der Waals surface area contributed by atoms with Crippen LogP contribution in [-0.2, 0) is 11.3 Å². The summed E-state index contributed by atoms with van der Waals surface area (Å²) in [6.45, 7) is 4.15. The van der Waals surface area contributed by atoms with E-state index < -0.39 is 0 Å². The van der Waals surface area contributed by atoms with Crippen LogP contribution in [0.2, 0.25) is 0 Å². The fourth-order valence-electron chi connectivity index (χ4n) is 3.15. The zero-order valence-electron chi connectivity index (χ0n) is 12.2. The van der Waals surface area contributed by atoms with Crippen LogP contribution >= 0.6 is 0 Å². The second-order valence-corrected chi connectivity index (χ2v) is 5.78. The Bertz CT molecular complexity index is 516. The summed E-state index contributed by atoms with van der Waals surface area (Å²) < 4.78 is 11.1. The van der Waals surface area contributed by atoms with E-state index in [0.29, 0.717) is 0 Å². The smallest absolute Gasteiger partial charge is 0.134 e. The van der Waals surface area contributed by atoms with Crippen LogP contribution in [-0.4, -0.2) is 31.7 Å². The van der Waals surface area contributed by atoms with Gasteiger partial charge < -0.3 is 9.15 Å². The normalized spacial score (nSPS) is 20.6. The van der Waals surface area contributed by atoms with E-state index >= 15 is 0 Å². The quantitative estimate of drug-likeness (QED) is 0.831. The number of likely N-dealkylation sites (tertiary alicyclic amines) is 1. The van der Waals surface area contributed by atoms with Crippen LogP contribution in [0, 0.1) is 5.92 Å². The van der Waals surface area contributed by atoms with E-state index in [1.165, 1.54) is 37.7 Å². The Morgan fingerprint density at radius 3 is 3.10 bits per heavy atom. The topological polar surface area (TPSA) is 25.6 Å². The van der Waals surface area contributed by atoms with Crippen molar-refractivity contribution in [3.05, 3.63) is 36.1 Å². The van der Waals surface area contributed by atoms with Gasteiger partial charge in [0.2, 0.25) is 0 Å². The molecule has 20 heavy (non-hydrogen) atoms. The number of furan rings is 1.